The van der Waals surface area contributed by atoms with Crippen LogP contribution in [0.25, 0.3) is 0 Å². The molecule has 0 radical (unpaired) electrons. The van der Waals surface area contributed by atoms with E-state index in [1.807, 2.05) is 54.6 Å². The molecule has 1 atom stereocenters. The number of hydrogen-bond donors (Lipinski definition) is 1. The fraction of sp³-hybridized carbons (Fsp3) is 0.130. The lowest BCUT2D eigenvalue weighted by Gasteiger charge is -2.38. The third-order valence-corrected chi connectivity index (χ3v) is 4.97. The number of amides is 1. The summed E-state index contributed by atoms with van der Waals surface area (Å²) < 4.78 is 0. The predicted molar refractivity (Wildman–Crippen MR) is 105 cm³/mol. The van der Waals surface area contributed by atoms with Crippen LogP contribution in [0.1, 0.15) is 38.0 Å². The van der Waals surface area contributed by atoms with E-state index in [2.05, 4.69) is 5.32 Å². The Morgan fingerprint density at radius 3 is 2.32 bits per heavy atom. The first-order chi connectivity index (χ1) is 13.6. The first kappa shape index (κ1) is 17.8. The summed E-state index contributed by atoms with van der Waals surface area (Å²) in [4.78, 5) is 26.0. The summed E-state index contributed by atoms with van der Waals surface area (Å²) in [7, 11) is 0. The van der Waals surface area contributed by atoms with Crippen molar-refractivity contribution in [3.8, 4) is 0 Å². The van der Waals surface area contributed by atoms with Gasteiger partial charge in [0.1, 0.15) is 6.17 Å². The largest absolute Gasteiger partial charge is 0.545 e. The maximum Gasteiger partial charge on any atom is 0.257 e. The van der Waals surface area contributed by atoms with Crippen LogP contribution in [0.2, 0.25) is 0 Å². The topological polar surface area (TPSA) is 72.5 Å². The fourth-order valence-corrected chi connectivity index (χ4v) is 3.48. The Hall–Kier alpha value is -3.60. The van der Waals surface area contributed by atoms with Crippen molar-refractivity contribution in [3.05, 3.63) is 101 Å². The second-order valence-electron chi connectivity index (χ2n) is 6.74. The van der Waals surface area contributed by atoms with Crippen LogP contribution in [0.4, 0.5) is 5.69 Å². The number of carbonyl (C=O) groups is 2. The minimum Gasteiger partial charge on any atom is -0.545 e. The van der Waals surface area contributed by atoms with Crippen molar-refractivity contribution in [2.24, 2.45) is 0 Å². The van der Waals surface area contributed by atoms with Crippen LogP contribution >= 0.6 is 0 Å². The first-order valence-electron chi connectivity index (χ1n) is 9.15. The van der Waals surface area contributed by atoms with Gasteiger partial charge in [-0.2, -0.15) is 0 Å². The van der Waals surface area contributed by atoms with E-state index in [-0.39, 0.29) is 17.6 Å². The predicted octanol–water partition coefficient (Wildman–Crippen LogP) is 2.86. The third kappa shape index (κ3) is 3.47. The number of carboxylic acid groups (broad SMARTS) is 1. The van der Waals surface area contributed by atoms with Crippen LogP contribution in [0, 0.1) is 0 Å². The van der Waals surface area contributed by atoms with Crippen LogP contribution in [0.5, 0.6) is 0 Å². The van der Waals surface area contributed by atoms with Crippen molar-refractivity contribution in [2.75, 3.05) is 11.9 Å². The number of hydrogen-bond acceptors (Lipinski definition) is 4. The Morgan fingerprint density at radius 2 is 1.61 bits per heavy atom. The molecule has 0 saturated heterocycles. The summed E-state index contributed by atoms with van der Waals surface area (Å²) in [6.45, 7) is 0.539. The molecular weight excluding hydrogens is 352 g/mol. The van der Waals surface area contributed by atoms with Gasteiger partial charge in [0, 0.05) is 12.2 Å². The number of nitrogens with one attached hydrogen (secondary N) is 1. The highest BCUT2D eigenvalue weighted by Crippen LogP contribution is 2.33. The highest BCUT2D eigenvalue weighted by molar-refractivity contribution is 6.01. The third-order valence-electron chi connectivity index (χ3n) is 4.97. The standard InChI is InChI=1S/C23H20N2O3/c26-22-19-8-4-5-9-20(19)24-21(17-10-12-18(13-11-17)23(27)28)25(22)15-14-16-6-2-1-3-7-16/h1-13,21,24H,14-15H2,(H,27,28)/p-1/t21-/m0/s1. The van der Waals surface area contributed by atoms with E-state index in [0.29, 0.717) is 12.1 Å². The Balaban J connectivity index is 1.66. The summed E-state index contributed by atoms with van der Waals surface area (Å²) in [5.74, 6) is -1.26. The average molecular weight is 371 g/mol. The molecule has 0 aliphatic carbocycles. The number of para-hydroxylation sites is 1. The average Bonchev–Trinajstić information content (AvgIpc) is 2.74. The summed E-state index contributed by atoms with van der Waals surface area (Å²) in [6, 6.07) is 23.9. The van der Waals surface area contributed by atoms with Gasteiger partial charge >= 0.3 is 0 Å². The minimum atomic E-state index is -1.22. The summed E-state index contributed by atoms with van der Waals surface area (Å²) in [5.41, 5.74) is 3.50. The van der Waals surface area contributed by atoms with Gasteiger partial charge in [0.2, 0.25) is 0 Å². The molecule has 1 N–H and O–H groups in total. The van der Waals surface area contributed by atoms with Crippen LogP contribution in [0.3, 0.4) is 0 Å². The molecule has 3 aromatic carbocycles. The highest BCUT2D eigenvalue weighted by Gasteiger charge is 2.32. The molecule has 1 aliphatic heterocycles. The van der Waals surface area contributed by atoms with Gasteiger partial charge in [-0.25, -0.2) is 0 Å². The summed E-state index contributed by atoms with van der Waals surface area (Å²) >= 11 is 0. The Kier molecular flexibility index (Phi) is 4.81. The summed E-state index contributed by atoms with van der Waals surface area (Å²) in [6.07, 6.45) is 0.353. The van der Waals surface area contributed by atoms with E-state index in [9.17, 15) is 14.7 Å². The molecule has 0 unspecified atom stereocenters. The zero-order valence-corrected chi connectivity index (χ0v) is 15.2. The molecule has 3 aromatic rings. The van der Waals surface area contributed by atoms with Crippen molar-refractivity contribution in [1.29, 1.82) is 0 Å². The number of carbonyl (C=O) groups excluding carboxylic acids is 2. The molecule has 5 heteroatoms. The number of anilines is 1. The molecule has 0 bridgehead atoms. The molecule has 4 rings (SSSR count). The van der Waals surface area contributed by atoms with Crippen molar-refractivity contribution in [3.63, 3.8) is 0 Å². The highest BCUT2D eigenvalue weighted by atomic mass is 16.4. The maximum atomic E-state index is 13.2. The van der Waals surface area contributed by atoms with E-state index < -0.39 is 5.97 Å². The zero-order chi connectivity index (χ0) is 19.5. The second-order valence-corrected chi connectivity index (χ2v) is 6.74. The van der Waals surface area contributed by atoms with Gasteiger partial charge in [-0.3, -0.25) is 4.79 Å². The molecule has 140 valence electrons. The number of fused-ring (bicyclic) bond motifs is 1. The lowest BCUT2D eigenvalue weighted by molar-refractivity contribution is -0.255. The van der Waals surface area contributed by atoms with Crippen molar-refractivity contribution in [2.45, 2.75) is 12.6 Å². The van der Waals surface area contributed by atoms with E-state index in [1.165, 1.54) is 12.1 Å². The Labute approximate surface area is 163 Å². The van der Waals surface area contributed by atoms with Gasteiger partial charge in [-0.05, 0) is 35.2 Å². The van der Waals surface area contributed by atoms with Gasteiger partial charge in [0.25, 0.3) is 5.91 Å². The van der Waals surface area contributed by atoms with Gasteiger partial charge in [0.15, 0.2) is 0 Å². The monoisotopic (exact) mass is 371 g/mol. The lowest BCUT2D eigenvalue weighted by atomic mass is 10.0. The maximum absolute atomic E-state index is 13.2. The Bertz CT molecular complexity index is 1000. The van der Waals surface area contributed by atoms with Gasteiger partial charge in [-0.1, -0.05) is 66.7 Å². The molecule has 28 heavy (non-hydrogen) atoms. The Morgan fingerprint density at radius 1 is 0.929 bits per heavy atom. The molecule has 0 aromatic heterocycles. The molecule has 0 fully saturated rings. The lowest BCUT2D eigenvalue weighted by Crippen LogP contribution is -2.44. The first-order valence-corrected chi connectivity index (χ1v) is 9.15. The molecule has 1 aliphatic rings. The number of aromatic carboxylic acids is 1. The molecule has 0 spiro atoms. The molecule has 1 amide bonds. The molecule has 5 nitrogen and oxygen atoms in total. The quantitative estimate of drug-likeness (QED) is 0.749. The number of nitrogens with zero attached hydrogens (tertiary/aromatic N) is 1. The van der Waals surface area contributed by atoms with Gasteiger partial charge in [-0.15, -0.1) is 0 Å². The second kappa shape index (κ2) is 7.56. The SMILES string of the molecule is O=C([O-])c1ccc([C@H]2Nc3ccccc3C(=O)N2CCc2ccccc2)cc1. The van der Waals surface area contributed by atoms with E-state index in [1.54, 1.807) is 17.0 Å². The van der Waals surface area contributed by atoms with E-state index >= 15 is 0 Å². The fourth-order valence-electron chi connectivity index (χ4n) is 3.48. The van der Waals surface area contributed by atoms with E-state index in [0.717, 1.165) is 23.2 Å². The van der Waals surface area contributed by atoms with Crippen molar-refractivity contribution >= 4 is 17.6 Å². The number of carboxylic acids is 1. The zero-order valence-electron chi connectivity index (χ0n) is 15.2. The summed E-state index contributed by atoms with van der Waals surface area (Å²) in [5, 5.41) is 14.5. The van der Waals surface area contributed by atoms with Crippen LogP contribution in [-0.4, -0.2) is 23.3 Å². The van der Waals surface area contributed by atoms with Crippen molar-refractivity contribution < 1.29 is 14.7 Å². The normalized spacial score (nSPS) is 15.6. The van der Waals surface area contributed by atoms with Crippen LogP contribution < -0.4 is 10.4 Å². The number of rotatable bonds is 5. The minimum absolute atomic E-state index is 0.0424. The smallest absolute Gasteiger partial charge is 0.257 e. The number of benzene rings is 3. The van der Waals surface area contributed by atoms with Crippen LogP contribution in [0.15, 0.2) is 78.9 Å². The molecule has 0 saturated carbocycles. The van der Waals surface area contributed by atoms with Gasteiger partial charge < -0.3 is 20.1 Å². The molecule has 1 heterocycles. The van der Waals surface area contributed by atoms with Gasteiger partial charge in [0.05, 0.1) is 11.5 Å². The molecular formula is C23H19N2O3-. The van der Waals surface area contributed by atoms with E-state index in [4.69, 9.17) is 0 Å². The van der Waals surface area contributed by atoms with Crippen molar-refractivity contribution in [1.82, 2.24) is 4.90 Å². The van der Waals surface area contributed by atoms with Crippen LogP contribution in [-0.2, 0) is 6.42 Å².